The first kappa shape index (κ1) is 12.9. The van der Waals surface area contributed by atoms with Gasteiger partial charge < -0.3 is 10.2 Å². The van der Waals surface area contributed by atoms with Crippen LogP contribution in [0.4, 0.5) is 0 Å². The highest BCUT2D eigenvalue weighted by Gasteiger charge is 2.04. The summed E-state index contributed by atoms with van der Waals surface area (Å²) in [7, 11) is 5.93. The molecule has 0 unspecified atom stereocenters. The van der Waals surface area contributed by atoms with Crippen LogP contribution < -0.4 is 5.32 Å². The van der Waals surface area contributed by atoms with Crippen LogP contribution in [0.1, 0.15) is 0 Å². The summed E-state index contributed by atoms with van der Waals surface area (Å²) in [4.78, 5) is 15.2. The van der Waals surface area contributed by atoms with Crippen LogP contribution in [0.5, 0.6) is 0 Å². The molecule has 4 nitrogen and oxygen atoms in total. The number of nitrogens with one attached hydrogen (secondary N) is 1. The van der Waals surface area contributed by atoms with E-state index in [4.69, 9.17) is 6.42 Å². The lowest BCUT2D eigenvalue weighted by Crippen LogP contribution is -2.38. The average molecular weight is 197 g/mol. The Morgan fingerprint density at radius 1 is 1.36 bits per heavy atom. The maximum absolute atomic E-state index is 11.2. The molecule has 0 aliphatic rings. The lowest BCUT2D eigenvalue weighted by molar-refractivity contribution is -0.121. The lowest BCUT2D eigenvalue weighted by Gasteiger charge is -2.18. The number of hydrogen-bond donors (Lipinski definition) is 1. The van der Waals surface area contributed by atoms with Crippen LogP contribution in [0.3, 0.4) is 0 Å². The van der Waals surface area contributed by atoms with Gasteiger partial charge in [-0.15, -0.1) is 6.42 Å². The Bertz CT molecular complexity index is 208. The molecule has 0 aliphatic carbocycles. The molecule has 0 atom stereocenters. The third-order valence-corrected chi connectivity index (χ3v) is 1.73. The van der Waals surface area contributed by atoms with E-state index in [1.54, 1.807) is 0 Å². The fraction of sp³-hybridized carbons (Fsp3) is 0.700. The van der Waals surface area contributed by atoms with Crippen LogP contribution >= 0.6 is 0 Å². The maximum Gasteiger partial charge on any atom is 0.234 e. The number of carbonyl (C=O) groups is 1. The first-order valence-electron chi connectivity index (χ1n) is 4.59. The summed E-state index contributed by atoms with van der Waals surface area (Å²) in [5, 5.41) is 2.62. The minimum Gasteiger partial charge on any atom is -0.344 e. The zero-order valence-electron chi connectivity index (χ0n) is 9.21. The highest BCUT2D eigenvalue weighted by molar-refractivity contribution is 5.78. The first-order valence-corrected chi connectivity index (χ1v) is 4.59. The van der Waals surface area contributed by atoms with E-state index < -0.39 is 0 Å². The summed E-state index contributed by atoms with van der Waals surface area (Å²) in [6.45, 7) is 2.52. The number of likely N-dealkylation sites (N-methyl/N-ethyl adjacent to an activating group) is 2. The Morgan fingerprint density at radius 3 is 2.50 bits per heavy atom. The zero-order valence-corrected chi connectivity index (χ0v) is 9.21. The standard InChI is InChI=1S/C10H19N3O/c1-5-6-11-10(14)9-13(4)8-7-12(2)3/h1H,6-9H2,2-4H3,(H,11,14). The molecule has 0 spiro atoms. The molecule has 0 aliphatic heterocycles. The van der Waals surface area contributed by atoms with Gasteiger partial charge in [-0.1, -0.05) is 5.92 Å². The van der Waals surface area contributed by atoms with Gasteiger partial charge in [-0.2, -0.15) is 0 Å². The fourth-order valence-electron chi connectivity index (χ4n) is 0.900. The molecule has 0 fully saturated rings. The second kappa shape index (κ2) is 7.36. The Labute approximate surface area is 86.3 Å². The highest BCUT2D eigenvalue weighted by atomic mass is 16.1. The van der Waals surface area contributed by atoms with Crippen LogP contribution in [0.25, 0.3) is 0 Å². The van der Waals surface area contributed by atoms with Crippen molar-refractivity contribution < 1.29 is 4.79 Å². The Kier molecular flexibility index (Phi) is 6.81. The van der Waals surface area contributed by atoms with Crippen molar-refractivity contribution in [3.63, 3.8) is 0 Å². The monoisotopic (exact) mass is 197 g/mol. The van der Waals surface area contributed by atoms with Crippen molar-refractivity contribution in [2.24, 2.45) is 0 Å². The predicted octanol–water partition coefficient (Wildman–Crippen LogP) is -0.771. The molecule has 80 valence electrons. The molecule has 0 aromatic carbocycles. The zero-order chi connectivity index (χ0) is 11.0. The van der Waals surface area contributed by atoms with Gasteiger partial charge in [-0.05, 0) is 21.1 Å². The van der Waals surface area contributed by atoms with E-state index in [0.717, 1.165) is 13.1 Å². The van der Waals surface area contributed by atoms with E-state index in [-0.39, 0.29) is 5.91 Å². The van der Waals surface area contributed by atoms with Gasteiger partial charge in [0.2, 0.25) is 5.91 Å². The van der Waals surface area contributed by atoms with E-state index >= 15 is 0 Å². The number of nitrogens with zero attached hydrogens (tertiary/aromatic N) is 2. The van der Waals surface area contributed by atoms with Gasteiger partial charge in [-0.25, -0.2) is 0 Å². The maximum atomic E-state index is 11.2. The van der Waals surface area contributed by atoms with E-state index in [0.29, 0.717) is 13.1 Å². The molecule has 1 amide bonds. The van der Waals surface area contributed by atoms with Crippen molar-refractivity contribution >= 4 is 5.91 Å². The molecule has 0 heterocycles. The largest absolute Gasteiger partial charge is 0.344 e. The molecular weight excluding hydrogens is 178 g/mol. The van der Waals surface area contributed by atoms with Crippen molar-refractivity contribution in [1.82, 2.24) is 15.1 Å². The summed E-state index contributed by atoms with van der Waals surface area (Å²) in [5.74, 6) is 2.34. The molecule has 0 saturated carbocycles. The minimum absolute atomic E-state index is 0.0239. The molecule has 0 bridgehead atoms. The van der Waals surface area contributed by atoms with Crippen molar-refractivity contribution in [2.75, 3.05) is 47.3 Å². The van der Waals surface area contributed by atoms with E-state index in [9.17, 15) is 4.79 Å². The quantitative estimate of drug-likeness (QED) is 0.568. The van der Waals surface area contributed by atoms with Crippen molar-refractivity contribution in [3.8, 4) is 12.3 Å². The van der Waals surface area contributed by atoms with Crippen LogP contribution in [-0.2, 0) is 4.79 Å². The summed E-state index contributed by atoms with van der Waals surface area (Å²) < 4.78 is 0. The molecule has 0 saturated heterocycles. The molecule has 0 radical (unpaired) electrons. The van der Waals surface area contributed by atoms with Gasteiger partial charge in [0.1, 0.15) is 0 Å². The second-order valence-corrected chi connectivity index (χ2v) is 3.52. The number of carbonyl (C=O) groups excluding carboxylic acids is 1. The average Bonchev–Trinajstić information content (AvgIpc) is 2.11. The van der Waals surface area contributed by atoms with Crippen molar-refractivity contribution in [3.05, 3.63) is 0 Å². The van der Waals surface area contributed by atoms with E-state index in [1.807, 2.05) is 26.0 Å². The van der Waals surface area contributed by atoms with Crippen LogP contribution in [0.15, 0.2) is 0 Å². The molecule has 0 aromatic heterocycles. The summed E-state index contributed by atoms with van der Waals surface area (Å²) in [6.07, 6.45) is 5.02. The molecular formula is C10H19N3O. The summed E-state index contributed by atoms with van der Waals surface area (Å²) in [6, 6.07) is 0. The number of rotatable bonds is 6. The van der Waals surface area contributed by atoms with Crippen molar-refractivity contribution in [2.45, 2.75) is 0 Å². The van der Waals surface area contributed by atoms with Crippen LogP contribution in [0.2, 0.25) is 0 Å². The van der Waals surface area contributed by atoms with Gasteiger partial charge >= 0.3 is 0 Å². The first-order chi connectivity index (χ1) is 6.56. The molecule has 14 heavy (non-hydrogen) atoms. The van der Waals surface area contributed by atoms with E-state index in [2.05, 4.69) is 16.1 Å². The third-order valence-electron chi connectivity index (χ3n) is 1.73. The third kappa shape index (κ3) is 7.59. The molecule has 4 heteroatoms. The fourth-order valence-corrected chi connectivity index (χ4v) is 0.900. The summed E-state index contributed by atoms with van der Waals surface area (Å²) >= 11 is 0. The smallest absolute Gasteiger partial charge is 0.234 e. The second-order valence-electron chi connectivity index (χ2n) is 3.52. The lowest BCUT2D eigenvalue weighted by atomic mass is 10.4. The molecule has 0 rings (SSSR count). The van der Waals surface area contributed by atoms with Crippen molar-refractivity contribution in [1.29, 1.82) is 0 Å². The van der Waals surface area contributed by atoms with Gasteiger partial charge in [0.25, 0.3) is 0 Å². The number of hydrogen-bond acceptors (Lipinski definition) is 3. The molecule has 1 N–H and O–H groups in total. The normalized spacial score (nSPS) is 10.3. The number of terminal acetylenes is 1. The number of amides is 1. The van der Waals surface area contributed by atoms with Crippen LogP contribution in [-0.4, -0.2) is 63.0 Å². The Balaban J connectivity index is 3.56. The predicted molar refractivity (Wildman–Crippen MR) is 57.9 cm³/mol. The Morgan fingerprint density at radius 2 is 2.00 bits per heavy atom. The SMILES string of the molecule is C#CCNC(=O)CN(C)CCN(C)C. The minimum atomic E-state index is -0.0239. The molecule has 0 aromatic rings. The summed E-state index contributed by atoms with van der Waals surface area (Å²) in [5.41, 5.74) is 0. The van der Waals surface area contributed by atoms with Gasteiger partial charge in [0.05, 0.1) is 13.1 Å². The van der Waals surface area contributed by atoms with Crippen LogP contribution in [0, 0.1) is 12.3 Å². The van der Waals surface area contributed by atoms with Gasteiger partial charge in [0.15, 0.2) is 0 Å². The topological polar surface area (TPSA) is 35.6 Å². The van der Waals surface area contributed by atoms with E-state index in [1.165, 1.54) is 0 Å². The van der Waals surface area contributed by atoms with Gasteiger partial charge in [-0.3, -0.25) is 9.69 Å². The highest BCUT2D eigenvalue weighted by Crippen LogP contribution is 1.83. The van der Waals surface area contributed by atoms with Gasteiger partial charge in [0, 0.05) is 13.1 Å². The Hall–Kier alpha value is -1.05.